The molecular weight excluding hydrogens is 421 g/mol. The minimum Gasteiger partial charge on any atom is -0.480 e. The number of amidine groups is 1. The van der Waals surface area contributed by atoms with Crippen molar-refractivity contribution >= 4 is 23.7 Å². The minimum absolute atomic E-state index is 0.108. The van der Waals surface area contributed by atoms with E-state index < -0.39 is 17.8 Å². The van der Waals surface area contributed by atoms with Crippen molar-refractivity contribution in [3.05, 3.63) is 42.0 Å². The average molecular weight is 445 g/mol. The smallest absolute Gasteiger partial charge is 0.329 e. The Morgan fingerprint density at radius 2 is 1.94 bits per heavy atom. The molecule has 170 valence electrons. The van der Waals surface area contributed by atoms with Gasteiger partial charge in [-0.15, -0.1) is 0 Å². The van der Waals surface area contributed by atoms with Crippen LogP contribution in [0, 0.1) is 11.2 Å². The highest BCUT2D eigenvalue weighted by atomic mass is 19.1. The molecule has 4 N–H and O–H groups in total. The zero-order valence-electron chi connectivity index (χ0n) is 17.3. The summed E-state index contributed by atoms with van der Waals surface area (Å²) in [6.07, 6.45) is 3.93. The molecule has 0 radical (unpaired) electrons. The Kier molecular flexibility index (Phi) is 7.66. The van der Waals surface area contributed by atoms with E-state index in [2.05, 4.69) is 9.97 Å². The van der Waals surface area contributed by atoms with Crippen molar-refractivity contribution in [2.75, 3.05) is 24.6 Å². The van der Waals surface area contributed by atoms with E-state index in [4.69, 9.17) is 25.7 Å². The number of benzene rings is 1. The number of halogens is 1. The number of esters is 1. The van der Waals surface area contributed by atoms with E-state index in [1.807, 2.05) is 4.90 Å². The van der Waals surface area contributed by atoms with Gasteiger partial charge in [-0.3, -0.25) is 10.2 Å². The summed E-state index contributed by atoms with van der Waals surface area (Å²) in [4.78, 5) is 32.8. The molecule has 1 aliphatic rings. The lowest BCUT2D eigenvalue weighted by Gasteiger charge is -2.31. The molecule has 0 unspecified atom stereocenters. The maximum Gasteiger partial charge on any atom is 0.329 e. The van der Waals surface area contributed by atoms with Crippen LogP contribution in [0.2, 0.25) is 0 Å². The number of nitrogens with one attached hydrogen (secondary N) is 1. The van der Waals surface area contributed by atoms with Crippen LogP contribution in [0.15, 0.2) is 30.6 Å². The van der Waals surface area contributed by atoms with Crippen molar-refractivity contribution in [1.29, 1.82) is 5.41 Å². The van der Waals surface area contributed by atoms with Gasteiger partial charge in [0, 0.05) is 42.2 Å². The quantitative estimate of drug-likeness (QED) is 0.298. The SMILES string of the molecule is N=C(N)CC(=O)OCc1cccc(-c2cnc(N3CCC(OCC(=O)O)CC3)nc2)c1F. The molecule has 1 aliphatic heterocycles. The van der Waals surface area contributed by atoms with Crippen molar-refractivity contribution < 1.29 is 28.6 Å². The molecule has 0 atom stereocenters. The van der Waals surface area contributed by atoms with E-state index in [0.29, 0.717) is 37.4 Å². The average Bonchev–Trinajstić information content (AvgIpc) is 2.77. The third-order valence-electron chi connectivity index (χ3n) is 4.92. The first-order valence-corrected chi connectivity index (χ1v) is 10.00. The zero-order chi connectivity index (χ0) is 23.1. The molecule has 1 aromatic heterocycles. The van der Waals surface area contributed by atoms with E-state index in [1.165, 1.54) is 18.5 Å². The van der Waals surface area contributed by atoms with E-state index in [1.54, 1.807) is 12.1 Å². The molecule has 0 saturated carbocycles. The summed E-state index contributed by atoms with van der Waals surface area (Å²) >= 11 is 0. The Bertz CT molecular complexity index is 977. The molecule has 2 aromatic rings. The van der Waals surface area contributed by atoms with Crippen molar-refractivity contribution in [3.63, 3.8) is 0 Å². The fourth-order valence-electron chi connectivity index (χ4n) is 3.31. The predicted molar refractivity (Wildman–Crippen MR) is 113 cm³/mol. The molecule has 32 heavy (non-hydrogen) atoms. The van der Waals surface area contributed by atoms with E-state index in [0.717, 1.165) is 0 Å². The number of carboxylic acids is 1. The first-order valence-electron chi connectivity index (χ1n) is 10.00. The summed E-state index contributed by atoms with van der Waals surface area (Å²) < 4.78 is 25.2. The molecule has 3 rings (SSSR count). The highest BCUT2D eigenvalue weighted by Crippen LogP contribution is 2.26. The number of ether oxygens (including phenoxy) is 2. The number of aliphatic carboxylic acids is 1. The first-order chi connectivity index (χ1) is 15.3. The van der Waals surface area contributed by atoms with Gasteiger partial charge in [0.1, 0.15) is 31.3 Å². The highest BCUT2D eigenvalue weighted by Gasteiger charge is 2.22. The second-order valence-corrected chi connectivity index (χ2v) is 7.30. The molecular formula is C21H24FN5O5. The topological polar surface area (TPSA) is 152 Å². The maximum absolute atomic E-state index is 14.9. The lowest BCUT2D eigenvalue weighted by molar-refractivity contribution is -0.145. The van der Waals surface area contributed by atoms with Crippen LogP contribution < -0.4 is 10.6 Å². The third-order valence-corrected chi connectivity index (χ3v) is 4.92. The number of carboxylic acid groups (broad SMARTS) is 1. The predicted octanol–water partition coefficient (Wildman–Crippen LogP) is 1.72. The summed E-state index contributed by atoms with van der Waals surface area (Å²) in [6.45, 7) is 0.665. The summed E-state index contributed by atoms with van der Waals surface area (Å²) in [7, 11) is 0. The number of carbonyl (C=O) groups excluding carboxylic acids is 1. The molecule has 11 heteroatoms. The minimum atomic E-state index is -0.989. The van der Waals surface area contributed by atoms with Crippen molar-refractivity contribution in [2.45, 2.75) is 32.0 Å². The lowest BCUT2D eigenvalue weighted by atomic mass is 10.0. The van der Waals surface area contributed by atoms with E-state index in [-0.39, 0.29) is 42.7 Å². The molecule has 1 saturated heterocycles. The van der Waals surface area contributed by atoms with Gasteiger partial charge in [0.15, 0.2) is 0 Å². The molecule has 0 aliphatic carbocycles. The number of carbonyl (C=O) groups is 2. The van der Waals surface area contributed by atoms with Crippen LogP contribution in [-0.2, 0) is 25.7 Å². The lowest BCUT2D eigenvalue weighted by Crippen LogP contribution is -2.38. The number of piperidine rings is 1. The largest absolute Gasteiger partial charge is 0.480 e. The fraction of sp³-hybridized carbons (Fsp3) is 0.381. The Balaban J connectivity index is 1.62. The molecule has 0 bridgehead atoms. The van der Waals surface area contributed by atoms with Gasteiger partial charge in [0.05, 0.1) is 6.10 Å². The molecule has 10 nitrogen and oxygen atoms in total. The van der Waals surface area contributed by atoms with Crippen molar-refractivity contribution in [2.24, 2.45) is 5.73 Å². The summed E-state index contributed by atoms with van der Waals surface area (Å²) in [5, 5.41) is 15.8. The van der Waals surface area contributed by atoms with Crippen LogP contribution in [0.25, 0.3) is 11.1 Å². The number of anilines is 1. The Labute approximate surface area is 183 Å². The summed E-state index contributed by atoms with van der Waals surface area (Å²) in [5.74, 6) is -2.06. The van der Waals surface area contributed by atoms with Gasteiger partial charge in [0.25, 0.3) is 0 Å². The number of nitrogens with two attached hydrogens (primary N) is 1. The van der Waals surface area contributed by atoms with Gasteiger partial charge in [-0.25, -0.2) is 19.2 Å². The van der Waals surface area contributed by atoms with Crippen LogP contribution in [0.5, 0.6) is 0 Å². The molecule has 0 amide bonds. The summed E-state index contributed by atoms with van der Waals surface area (Å²) in [6, 6.07) is 4.73. The molecule has 2 heterocycles. The van der Waals surface area contributed by atoms with Crippen LogP contribution >= 0.6 is 0 Å². The van der Waals surface area contributed by atoms with Crippen LogP contribution in [0.4, 0.5) is 10.3 Å². The van der Waals surface area contributed by atoms with Crippen LogP contribution in [0.1, 0.15) is 24.8 Å². The molecule has 0 spiro atoms. The third kappa shape index (κ3) is 6.20. The van der Waals surface area contributed by atoms with Crippen LogP contribution in [-0.4, -0.2) is 58.6 Å². The Morgan fingerprint density at radius 3 is 2.56 bits per heavy atom. The monoisotopic (exact) mass is 445 g/mol. The Hall–Kier alpha value is -3.60. The van der Waals surface area contributed by atoms with Gasteiger partial charge in [-0.05, 0) is 12.8 Å². The maximum atomic E-state index is 14.9. The van der Waals surface area contributed by atoms with Crippen molar-refractivity contribution in [3.8, 4) is 11.1 Å². The standard InChI is InChI=1S/C21H24FN5O5/c22-20-13(11-32-19(30)8-17(23)24)2-1-3-16(20)14-9-25-21(26-10-14)27-6-4-15(5-7-27)31-12-18(28)29/h1-3,9-10,15H,4-8,11-12H2,(H3,23,24)(H,28,29). The van der Waals surface area contributed by atoms with Gasteiger partial charge in [-0.1, -0.05) is 18.2 Å². The van der Waals surface area contributed by atoms with Gasteiger partial charge in [-0.2, -0.15) is 0 Å². The van der Waals surface area contributed by atoms with Gasteiger partial charge < -0.3 is 25.2 Å². The Morgan fingerprint density at radius 1 is 1.25 bits per heavy atom. The zero-order valence-corrected chi connectivity index (χ0v) is 17.3. The number of nitrogens with zero attached hydrogens (tertiary/aromatic N) is 3. The van der Waals surface area contributed by atoms with Gasteiger partial charge >= 0.3 is 11.9 Å². The number of hydrogen-bond donors (Lipinski definition) is 3. The number of hydrogen-bond acceptors (Lipinski definition) is 8. The second kappa shape index (κ2) is 10.6. The summed E-state index contributed by atoms with van der Waals surface area (Å²) in [5.41, 5.74) is 6.09. The normalized spacial score (nSPS) is 14.2. The number of rotatable bonds is 9. The molecule has 1 fully saturated rings. The van der Waals surface area contributed by atoms with E-state index >= 15 is 0 Å². The van der Waals surface area contributed by atoms with E-state index in [9.17, 15) is 14.0 Å². The van der Waals surface area contributed by atoms with Crippen LogP contribution in [0.3, 0.4) is 0 Å². The fourth-order valence-corrected chi connectivity index (χ4v) is 3.31. The highest BCUT2D eigenvalue weighted by molar-refractivity contribution is 5.94. The second-order valence-electron chi connectivity index (χ2n) is 7.30. The van der Waals surface area contributed by atoms with Crippen molar-refractivity contribution in [1.82, 2.24) is 9.97 Å². The van der Waals surface area contributed by atoms with Gasteiger partial charge in [0.2, 0.25) is 5.95 Å². The number of aromatic nitrogens is 2. The molecule has 1 aromatic carbocycles. The first kappa shape index (κ1) is 23.1.